The van der Waals surface area contributed by atoms with E-state index in [9.17, 15) is 4.79 Å². The number of hydrogen-bond acceptors (Lipinski definition) is 1. The van der Waals surface area contributed by atoms with Gasteiger partial charge in [0.15, 0.2) is 0 Å². The third-order valence-corrected chi connectivity index (χ3v) is 4.90. The van der Waals surface area contributed by atoms with Crippen molar-refractivity contribution in [3.05, 3.63) is 33.8 Å². The van der Waals surface area contributed by atoms with Gasteiger partial charge in [0.1, 0.15) is 0 Å². The van der Waals surface area contributed by atoms with Crippen molar-refractivity contribution in [3.63, 3.8) is 0 Å². The Hall–Kier alpha value is -0.540. The van der Waals surface area contributed by atoms with E-state index < -0.39 is 0 Å². The van der Waals surface area contributed by atoms with Crippen molar-refractivity contribution in [1.82, 2.24) is 4.90 Å². The third kappa shape index (κ3) is 2.72. The van der Waals surface area contributed by atoms with Crippen molar-refractivity contribution in [2.75, 3.05) is 12.4 Å². The lowest BCUT2D eigenvalue weighted by Crippen LogP contribution is -2.44. The first-order valence-electron chi connectivity index (χ1n) is 6.27. The third-order valence-electron chi connectivity index (χ3n) is 3.49. The van der Waals surface area contributed by atoms with E-state index in [1.165, 1.54) is 0 Å². The van der Waals surface area contributed by atoms with Crippen molar-refractivity contribution in [1.29, 1.82) is 0 Å². The van der Waals surface area contributed by atoms with Crippen LogP contribution in [0.5, 0.6) is 0 Å². The molecule has 1 unspecified atom stereocenters. The monoisotopic (exact) mass is 329 g/mol. The number of alkyl halides is 1. The predicted molar refractivity (Wildman–Crippen MR) is 78.3 cm³/mol. The van der Waals surface area contributed by atoms with Gasteiger partial charge in [0.05, 0.1) is 5.56 Å². The maximum absolute atomic E-state index is 12.6. The summed E-state index contributed by atoms with van der Waals surface area (Å²) in [5.41, 5.74) is 1.83. The van der Waals surface area contributed by atoms with Crippen molar-refractivity contribution < 1.29 is 4.79 Å². The first-order chi connectivity index (χ1) is 8.65. The summed E-state index contributed by atoms with van der Waals surface area (Å²) < 4.78 is 0.897. The SMILES string of the molecule is Cc1cccc(C(=O)N2CCCCC2CCl)c1Br. The summed E-state index contributed by atoms with van der Waals surface area (Å²) in [5.74, 6) is 0.616. The number of aryl methyl sites for hydroxylation is 1. The predicted octanol–water partition coefficient (Wildman–Crippen LogP) is 3.99. The molecule has 1 saturated heterocycles. The van der Waals surface area contributed by atoms with E-state index in [0.29, 0.717) is 5.88 Å². The molecular formula is C14H17BrClNO. The Morgan fingerprint density at radius 1 is 1.50 bits per heavy atom. The molecule has 1 fully saturated rings. The first kappa shape index (κ1) is 13.9. The number of piperidine rings is 1. The number of benzene rings is 1. The normalized spacial score (nSPS) is 19.9. The standard InChI is InChI=1S/C14H17BrClNO/c1-10-5-4-7-12(13(10)15)14(18)17-8-3-2-6-11(17)9-16/h4-5,7,11H,2-3,6,8-9H2,1H3. The molecular weight excluding hydrogens is 314 g/mol. The van der Waals surface area contributed by atoms with Gasteiger partial charge in [-0.2, -0.15) is 0 Å². The Balaban J connectivity index is 2.27. The number of rotatable bonds is 2. The lowest BCUT2D eigenvalue weighted by Gasteiger charge is -2.35. The number of likely N-dealkylation sites (tertiary alicyclic amines) is 1. The summed E-state index contributed by atoms with van der Waals surface area (Å²) in [6, 6.07) is 5.97. The van der Waals surface area contributed by atoms with Crippen molar-refractivity contribution in [2.24, 2.45) is 0 Å². The van der Waals surface area contributed by atoms with E-state index in [1.54, 1.807) is 0 Å². The van der Waals surface area contributed by atoms with Crippen LogP contribution in [0.1, 0.15) is 35.2 Å². The van der Waals surface area contributed by atoms with Crippen LogP contribution in [0.2, 0.25) is 0 Å². The van der Waals surface area contributed by atoms with Gasteiger partial charge < -0.3 is 4.90 Å². The molecule has 1 aliphatic rings. The molecule has 1 aromatic rings. The fraction of sp³-hybridized carbons (Fsp3) is 0.500. The molecule has 0 radical (unpaired) electrons. The fourth-order valence-electron chi connectivity index (χ4n) is 2.40. The highest BCUT2D eigenvalue weighted by Crippen LogP contribution is 2.26. The van der Waals surface area contributed by atoms with Gasteiger partial charge in [-0.1, -0.05) is 12.1 Å². The zero-order chi connectivity index (χ0) is 13.1. The topological polar surface area (TPSA) is 20.3 Å². The van der Waals surface area contributed by atoms with Gasteiger partial charge >= 0.3 is 0 Å². The fourth-order valence-corrected chi connectivity index (χ4v) is 3.15. The van der Waals surface area contributed by atoms with Crippen molar-refractivity contribution >= 4 is 33.4 Å². The molecule has 1 atom stereocenters. The van der Waals surface area contributed by atoms with E-state index in [0.717, 1.165) is 41.4 Å². The number of halogens is 2. The number of hydrogen-bond donors (Lipinski definition) is 0. The van der Waals surface area contributed by atoms with E-state index in [1.807, 2.05) is 30.0 Å². The van der Waals surface area contributed by atoms with Crippen molar-refractivity contribution in [3.8, 4) is 0 Å². The summed E-state index contributed by atoms with van der Waals surface area (Å²) in [4.78, 5) is 14.5. The Morgan fingerprint density at radius 2 is 2.28 bits per heavy atom. The summed E-state index contributed by atoms with van der Waals surface area (Å²) in [5, 5.41) is 0. The minimum absolute atomic E-state index is 0.0934. The molecule has 0 aromatic heterocycles. The van der Waals surface area contributed by atoms with Gasteiger partial charge in [-0.25, -0.2) is 0 Å². The average Bonchev–Trinajstić information content (AvgIpc) is 2.41. The molecule has 0 saturated carbocycles. The van der Waals surface area contributed by atoms with Crippen LogP contribution in [0.4, 0.5) is 0 Å². The Bertz CT molecular complexity index is 449. The lowest BCUT2D eigenvalue weighted by atomic mass is 10.0. The summed E-state index contributed by atoms with van der Waals surface area (Å²) in [7, 11) is 0. The molecule has 18 heavy (non-hydrogen) atoms. The summed E-state index contributed by atoms with van der Waals surface area (Å²) in [6.07, 6.45) is 3.25. The molecule has 2 nitrogen and oxygen atoms in total. The van der Waals surface area contributed by atoms with Gasteiger partial charge in [0, 0.05) is 22.9 Å². The maximum Gasteiger partial charge on any atom is 0.255 e. The van der Waals surface area contributed by atoms with Crippen LogP contribution in [-0.2, 0) is 0 Å². The van der Waals surface area contributed by atoms with E-state index in [-0.39, 0.29) is 11.9 Å². The highest BCUT2D eigenvalue weighted by Gasteiger charge is 2.27. The van der Waals surface area contributed by atoms with Crippen LogP contribution >= 0.6 is 27.5 Å². The van der Waals surface area contributed by atoms with Crippen LogP contribution in [0.15, 0.2) is 22.7 Å². The highest BCUT2D eigenvalue weighted by atomic mass is 79.9. The minimum atomic E-state index is 0.0934. The zero-order valence-electron chi connectivity index (χ0n) is 10.5. The molecule has 1 amide bonds. The second-order valence-electron chi connectivity index (χ2n) is 4.74. The van der Waals surface area contributed by atoms with Gasteiger partial charge in [-0.15, -0.1) is 11.6 Å². The number of carbonyl (C=O) groups excluding carboxylic acids is 1. The molecule has 0 bridgehead atoms. The quantitative estimate of drug-likeness (QED) is 0.751. The smallest absolute Gasteiger partial charge is 0.255 e. The Morgan fingerprint density at radius 3 is 3.00 bits per heavy atom. The van der Waals surface area contributed by atoms with E-state index in [2.05, 4.69) is 15.9 Å². The largest absolute Gasteiger partial charge is 0.334 e. The Labute approximate surface area is 121 Å². The van der Waals surface area contributed by atoms with Gasteiger partial charge in [-0.05, 0) is 53.7 Å². The number of amides is 1. The van der Waals surface area contributed by atoms with Crippen LogP contribution in [0.25, 0.3) is 0 Å². The van der Waals surface area contributed by atoms with Crippen LogP contribution in [0.3, 0.4) is 0 Å². The molecule has 4 heteroatoms. The molecule has 1 heterocycles. The van der Waals surface area contributed by atoms with Gasteiger partial charge in [-0.3, -0.25) is 4.79 Å². The van der Waals surface area contributed by atoms with Crippen molar-refractivity contribution in [2.45, 2.75) is 32.2 Å². The number of carbonyl (C=O) groups is 1. The summed E-state index contributed by atoms with van der Waals surface area (Å²) in [6.45, 7) is 2.81. The number of nitrogens with zero attached hydrogens (tertiary/aromatic N) is 1. The zero-order valence-corrected chi connectivity index (χ0v) is 12.8. The van der Waals surface area contributed by atoms with E-state index >= 15 is 0 Å². The molecule has 2 rings (SSSR count). The van der Waals surface area contributed by atoms with Crippen LogP contribution < -0.4 is 0 Å². The molecule has 0 aliphatic carbocycles. The average molecular weight is 331 g/mol. The van der Waals surface area contributed by atoms with Gasteiger partial charge in [0.25, 0.3) is 5.91 Å². The first-order valence-corrected chi connectivity index (χ1v) is 7.60. The summed E-state index contributed by atoms with van der Waals surface area (Å²) >= 11 is 9.48. The second-order valence-corrected chi connectivity index (χ2v) is 5.84. The Kier molecular flexibility index (Phi) is 4.68. The lowest BCUT2D eigenvalue weighted by molar-refractivity contribution is 0.0638. The maximum atomic E-state index is 12.6. The second kappa shape index (κ2) is 6.07. The minimum Gasteiger partial charge on any atom is -0.334 e. The molecule has 98 valence electrons. The van der Waals surface area contributed by atoms with E-state index in [4.69, 9.17) is 11.6 Å². The molecule has 1 aliphatic heterocycles. The molecule has 0 spiro atoms. The highest BCUT2D eigenvalue weighted by molar-refractivity contribution is 9.10. The van der Waals surface area contributed by atoms with Crippen LogP contribution in [-0.4, -0.2) is 29.3 Å². The molecule has 1 aromatic carbocycles. The molecule has 0 N–H and O–H groups in total. The van der Waals surface area contributed by atoms with Crippen LogP contribution in [0, 0.1) is 6.92 Å². The van der Waals surface area contributed by atoms with Gasteiger partial charge in [0.2, 0.25) is 0 Å².